The van der Waals surface area contributed by atoms with E-state index in [9.17, 15) is 14.0 Å². The van der Waals surface area contributed by atoms with Crippen molar-refractivity contribution in [1.82, 2.24) is 10.7 Å². The number of carbonyl (C=O) groups is 2. The molecule has 0 radical (unpaired) electrons. The molecule has 0 saturated carbocycles. The molecule has 1 aliphatic rings. The van der Waals surface area contributed by atoms with Gasteiger partial charge in [-0.05, 0) is 37.5 Å². The molecule has 0 aliphatic carbocycles. The van der Waals surface area contributed by atoms with Crippen molar-refractivity contribution in [3.63, 3.8) is 0 Å². The van der Waals surface area contributed by atoms with E-state index in [0.717, 1.165) is 5.71 Å². The summed E-state index contributed by atoms with van der Waals surface area (Å²) in [4.78, 5) is 22.8. The third-order valence-corrected chi connectivity index (χ3v) is 3.47. The Kier molecular flexibility index (Phi) is 5.08. The minimum Gasteiger partial charge on any atom is -0.505 e. The van der Waals surface area contributed by atoms with Crippen molar-refractivity contribution in [1.29, 1.82) is 0 Å². The highest BCUT2D eigenvalue weighted by molar-refractivity contribution is 5.94. The molecule has 1 atom stereocenters. The highest BCUT2D eigenvalue weighted by Gasteiger charge is 2.15. The van der Waals surface area contributed by atoms with Crippen LogP contribution in [0.2, 0.25) is 0 Å². The van der Waals surface area contributed by atoms with E-state index in [1.54, 1.807) is 13.0 Å². The topological polar surface area (TPSA) is 90.8 Å². The van der Waals surface area contributed by atoms with Crippen molar-refractivity contribution in [2.45, 2.75) is 38.6 Å². The van der Waals surface area contributed by atoms with Crippen LogP contribution in [0.3, 0.4) is 0 Å². The fourth-order valence-electron chi connectivity index (χ4n) is 2.14. The molecule has 2 rings (SSSR count). The number of carbonyl (C=O) groups excluding carboxylic acids is 2. The van der Waals surface area contributed by atoms with Crippen LogP contribution in [-0.2, 0) is 9.59 Å². The zero-order valence-electron chi connectivity index (χ0n) is 12.2. The second-order valence-corrected chi connectivity index (χ2v) is 5.21. The Balaban J connectivity index is 1.83. The lowest BCUT2D eigenvalue weighted by molar-refractivity contribution is -0.121. The van der Waals surface area contributed by atoms with Crippen LogP contribution in [0.15, 0.2) is 23.3 Å². The van der Waals surface area contributed by atoms with Gasteiger partial charge < -0.3 is 10.4 Å². The lowest BCUT2D eigenvalue weighted by Crippen LogP contribution is -2.29. The summed E-state index contributed by atoms with van der Waals surface area (Å²) in [6.45, 7) is 1.74. The maximum absolute atomic E-state index is 13.3. The average Bonchev–Trinajstić information content (AvgIpc) is 2.49. The third kappa shape index (κ3) is 4.28. The fraction of sp³-hybridized carbons (Fsp3) is 0.400. The van der Waals surface area contributed by atoms with Gasteiger partial charge in [-0.3, -0.25) is 9.59 Å². The summed E-state index contributed by atoms with van der Waals surface area (Å²) < 4.78 is 13.3. The quantitative estimate of drug-likeness (QED) is 0.774. The Labute approximate surface area is 127 Å². The monoisotopic (exact) mass is 307 g/mol. The number of hydrogen-bond acceptors (Lipinski definition) is 4. The van der Waals surface area contributed by atoms with Crippen LogP contribution in [0, 0.1) is 5.82 Å². The summed E-state index contributed by atoms with van der Waals surface area (Å²) in [5.41, 5.74) is 3.75. The lowest BCUT2D eigenvalue weighted by Gasteiger charge is -2.16. The van der Waals surface area contributed by atoms with Gasteiger partial charge in [0.1, 0.15) is 0 Å². The molecule has 0 bridgehead atoms. The first kappa shape index (κ1) is 15.9. The Hall–Kier alpha value is -2.44. The van der Waals surface area contributed by atoms with E-state index in [1.165, 1.54) is 12.1 Å². The summed E-state index contributed by atoms with van der Waals surface area (Å²) in [5.74, 6) is -1.43. The van der Waals surface area contributed by atoms with E-state index in [1.807, 2.05) is 0 Å². The van der Waals surface area contributed by atoms with Gasteiger partial charge in [0.2, 0.25) is 11.8 Å². The Morgan fingerprint density at radius 3 is 2.91 bits per heavy atom. The van der Waals surface area contributed by atoms with E-state index < -0.39 is 11.6 Å². The number of rotatable bonds is 5. The maximum Gasteiger partial charge on any atom is 0.240 e. The first-order chi connectivity index (χ1) is 10.5. The summed E-state index contributed by atoms with van der Waals surface area (Å²) in [7, 11) is 0. The Bertz CT molecular complexity index is 616. The molecular weight excluding hydrogens is 289 g/mol. The molecule has 0 spiro atoms. The van der Waals surface area contributed by atoms with Gasteiger partial charge in [-0.1, -0.05) is 6.07 Å². The second-order valence-electron chi connectivity index (χ2n) is 5.21. The van der Waals surface area contributed by atoms with Crippen molar-refractivity contribution in [2.75, 3.05) is 0 Å². The van der Waals surface area contributed by atoms with Crippen LogP contribution in [0.5, 0.6) is 5.75 Å². The summed E-state index contributed by atoms with van der Waals surface area (Å²) in [6.07, 6.45) is 1.68. The smallest absolute Gasteiger partial charge is 0.240 e. The minimum absolute atomic E-state index is 0.115. The van der Waals surface area contributed by atoms with E-state index in [-0.39, 0.29) is 24.3 Å². The number of phenols is 1. The second kappa shape index (κ2) is 7.02. The molecule has 1 heterocycles. The molecule has 1 aromatic carbocycles. The molecule has 1 aromatic rings. The van der Waals surface area contributed by atoms with Gasteiger partial charge in [-0.15, -0.1) is 0 Å². The van der Waals surface area contributed by atoms with Crippen LogP contribution in [-0.4, -0.2) is 22.6 Å². The van der Waals surface area contributed by atoms with Crippen LogP contribution in [0.4, 0.5) is 4.39 Å². The molecule has 22 heavy (non-hydrogen) atoms. The highest BCUT2D eigenvalue weighted by atomic mass is 19.1. The molecule has 6 nitrogen and oxygen atoms in total. The molecule has 0 saturated heterocycles. The van der Waals surface area contributed by atoms with Gasteiger partial charge in [0.15, 0.2) is 11.6 Å². The standard InChI is InChI=1S/C15H18FN3O3/c1-9(10-2-5-13(20)12(16)8-10)17-14(21)6-3-11-4-7-15(22)19-18-11/h2,5,8-9,20H,3-4,6-7H2,1H3,(H,17,21)(H,19,22)/t9-/m0/s1. The number of hydrazone groups is 1. The number of nitrogens with zero attached hydrogens (tertiary/aromatic N) is 1. The number of amides is 2. The largest absolute Gasteiger partial charge is 0.505 e. The first-order valence-corrected chi connectivity index (χ1v) is 7.07. The normalized spacial score (nSPS) is 15.7. The Morgan fingerprint density at radius 1 is 1.50 bits per heavy atom. The average molecular weight is 307 g/mol. The van der Waals surface area contributed by atoms with Gasteiger partial charge in [-0.25, -0.2) is 9.82 Å². The summed E-state index contributed by atoms with van der Waals surface area (Å²) in [6, 6.07) is 3.65. The fourth-order valence-corrected chi connectivity index (χ4v) is 2.14. The SMILES string of the molecule is C[C@H](NC(=O)CCC1=NNC(=O)CC1)c1ccc(O)c(F)c1. The van der Waals surface area contributed by atoms with Crippen LogP contribution in [0.1, 0.15) is 44.2 Å². The van der Waals surface area contributed by atoms with Crippen LogP contribution >= 0.6 is 0 Å². The number of phenolic OH excluding ortho intramolecular Hbond substituents is 1. The van der Waals surface area contributed by atoms with Gasteiger partial charge in [-0.2, -0.15) is 5.10 Å². The molecule has 0 unspecified atom stereocenters. The van der Waals surface area contributed by atoms with E-state index in [0.29, 0.717) is 24.8 Å². The van der Waals surface area contributed by atoms with Crippen molar-refractivity contribution < 1.29 is 19.1 Å². The molecule has 0 aromatic heterocycles. The zero-order valence-corrected chi connectivity index (χ0v) is 12.2. The highest BCUT2D eigenvalue weighted by Crippen LogP contribution is 2.20. The van der Waals surface area contributed by atoms with Crippen molar-refractivity contribution in [3.8, 4) is 5.75 Å². The molecule has 2 amide bonds. The van der Waals surface area contributed by atoms with Crippen LogP contribution < -0.4 is 10.7 Å². The van der Waals surface area contributed by atoms with Gasteiger partial charge in [0.25, 0.3) is 0 Å². The van der Waals surface area contributed by atoms with Crippen molar-refractivity contribution in [2.24, 2.45) is 5.10 Å². The molecule has 118 valence electrons. The van der Waals surface area contributed by atoms with Gasteiger partial charge in [0.05, 0.1) is 6.04 Å². The maximum atomic E-state index is 13.3. The molecule has 1 aliphatic heterocycles. The summed E-state index contributed by atoms with van der Waals surface area (Å²) in [5, 5.41) is 15.8. The molecular formula is C15H18FN3O3. The number of hydrogen-bond donors (Lipinski definition) is 3. The number of nitrogens with one attached hydrogen (secondary N) is 2. The van der Waals surface area contributed by atoms with Gasteiger partial charge in [0, 0.05) is 18.6 Å². The van der Waals surface area contributed by atoms with E-state index in [2.05, 4.69) is 15.8 Å². The number of benzene rings is 1. The first-order valence-electron chi connectivity index (χ1n) is 7.07. The third-order valence-electron chi connectivity index (χ3n) is 3.47. The van der Waals surface area contributed by atoms with E-state index >= 15 is 0 Å². The minimum atomic E-state index is -0.717. The lowest BCUT2D eigenvalue weighted by atomic mass is 10.1. The molecule has 0 fully saturated rings. The molecule has 7 heteroatoms. The molecule has 3 N–H and O–H groups in total. The summed E-state index contributed by atoms with van der Waals surface area (Å²) >= 11 is 0. The van der Waals surface area contributed by atoms with Crippen molar-refractivity contribution in [3.05, 3.63) is 29.6 Å². The van der Waals surface area contributed by atoms with Crippen molar-refractivity contribution >= 4 is 17.5 Å². The van der Waals surface area contributed by atoms with Crippen LogP contribution in [0.25, 0.3) is 0 Å². The number of halogens is 1. The Morgan fingerprint density at radius 2 is 2.27 bits per heavy atom. The predicted octanol–water partition coefficient (Wildman–Crippen LogP) is 1.75. The number of aromatic hydroxyl groups is 1. The van der Waals surface area contributed by atoms with E-state index in [4.69, 9.17) is 5.11 Å². The zero-order chi connectivity index (χ0) is 16.1. The predicted molar refractivity (Wildman–Crippen MR) is 78.7 cm³/mol. The van der Waals surface area contributed by atoms with Gasteiger partial charge >= 0.3 is 0 Å².